The Morgan fingerprint density at radius 2 is 1.79 bits per heavy atom. The summed E-state index contributed by atoms with van der Waals surface area (Å²) in [6.45, 7) is 5.46. The number of alkyl carbamates (subject to hydrolysis) is 1. The maximum atomic E-state index is 12.1. The molecule has 0 aliphatic carbocycles. The molecule has 0 spiro atoms. The number of nitrogens with two attached hydrogens (primary N) is 1. The predicted octanol–water partition coefficient (Wildman–Crippen LogP) is 3.14. The number of carbonyl (C=O) groups is 2. The molecule has 0 bridgehead atoms. The third kappa shape index (κ3) is 5.35. The van der Waals surface area contributed by atoms with Crippen molar-refractivity contribution < 1.29 is 18.7 Å². The highest BCUT2D eigenvalue weighted by molar-refractivity contribution is 6.02. The number of benzene rings is 1. The van der Waals surface area contributed by atoms with Crippen molar-refractivity contribution in [3.05, 3.63) is 47.9 Å². The van der Waals surface area contributed by atoms with Crippen LogP contribution in [0.25, 0.3) is 0 Å². The Labute approximate surface area is 140 Å². The molecule has 0 unspecified atom stereocenters. The molecule has 0 saturated heterocycles. The molecule has 0 aliphatic rings. The van der Waals surface area contributed by atoms with Gasteiger partial charge in [0.15, 0.2) is 5.76 Å². The average molecular weight is 331 g/mol. The van der Waals surface area contributed by atoms with E-state index in [1.165, 1.54) is 0 Å². The van der Waals surface area contributed by atoms with Crippen molar-refractivity contribution in [1.29, 1.82) is 0 Å². The third-order valence-electron chi connectivity index (χ3n) is 2.86. The molecule has 2 amide bonds. The van der Waals surface area contributed by atoms with Crippen molar-refractivity contribution in [1.82, 2.24) is 5.32 Å². The Balaban J connectivity index is 1.89. The molecule has 1 heterocycles. The van der Waals surface area contributed by atoms with Crippen molar-refractivity contribution in [2.75, 3.05) is 11.1 Å². The molecule has 4 N–H and O–H groups in total. The van der Waals surface area contributed by atoms with Gasteiger partial charge in [0.25, 0.3) is 5.91 Å². The highest BCUT2D eigenvalue weighted by Crippen LogP contribution is 2.14. The normalized spacial score (nSPS) is 11.0. The summed E-state index contributed by atoms with van der Waals surface area (Å²) in [5, 5.41) is 5.26. The van der Waals surface area contributed by atoms with E-state index < -0.39 is 11.7 Å². The lowest BCUT2D eigenvalue weighted by Gasteiger charge is -2.19. The van der Waals surface area contributed by atoms with Crippen LogP contribution in [0.4, 0.5) is 16.2 Å². The molecule has 128 valence electrons. The Morgan fingerprint density at radius 3 is 2.42 bits per heavy atom. The smallest absolute Gasteiger partial charge is 0.408 e. The van der Waals surface area contributed by atoms with Crippen molar-refractivity contribution in [3.8, 4) is 0 Å². The van der Waals surface area contributed by atoms with E-state index in [0.717, 1.165) is 0 Å². The van der Waals surface area contributed by atoms with E-state index in [-0.39, 0.29) is 18.2 Å². The van der Waals surface area contributed by atoms with E-state index in [1.807, 2.05) is 0 Å². The van der Waals surface area contributed by atoms with Gasteiger partial charge in [0.05, 0.1) is 6.54 Å². The zero-order chi connectivity index (χ0) is 17.7. The third-order valence-corrected chi connectivity index (χ3v) is 2.86. The second kappa shape index (κ2) is 7.08. The monoisotopic (exact) mass is 331 g/mol. The lowest BCUT2D eigenvalue weighted by molar-refractivity contribution is 0.0520. The fraction of sp³-hybridized carbons (Fsp3) is 0.294. The zero-order valence-electron chi connectivity index (χ0n) is 13.9. The highest BCUT2D eigenvalue weighted by Gasteiger charge is 2.17. The maximum absolute atomic E-state index is 12.1. The quantitative estimate of drug-likeness (QED) is 0.746. The van der Waals surface area contributed by atoms with Crippen molar-refractivity contribution in [2.24, 2.45) is 0 Å². The first-order valence-electron chi connectivity index (χ1n) is 7.45. The van der Waals surface area contributed by atoms with Gasteiger partial charge >= 0.3 is 6.09 Å². The van der Waals surface area contributed by atoms with Gasteiger partial charge in [-0.3, -0.25) is 4.79 Å². The van der Waals surface area contributed by atoms with Crippen LogP contribution in [-0.4, -0.2) is 17.6 Å². The van der Waals surface area contributed by atoms with Crippen LogP contribution in [0.2, 0.25) is 0 Å². The molecule has 1 aromatic heterocycles. The largest absolute Gasteiger partial charge is 0.454 e. The van der Waals surface area contributed by atoms with Crippen LogP contribution in [0.5, 0.6) is 0 Å². The van der Waals surface area contributed by atoms with Gasteiger partial charge in [-0.1, -0.05) is 0 Å². The first-order valence-corrected chi connectivity index (χ1v) is 7.45. The summed E-state index contributed by atoms with van der Waals surface area (Å²) in [6, 6.07) is 9.93. The van der Waals surface area contributed by atoms with E-state index in [9.17, 15) is 9.59 Å². The van der Waals surface area contributed by atoms with E-state index in [4.69, 9.17) is 14.9 Å². The molecule has 7 nitrogen and oxygen atoms in total. The highest BCUT2D eigenvalue weighted by atomic mass is 16.6. The lowest BCUT2D eigenvalue weighted by Crippen LogP contribution is -2.32. The topological polar surface area (TPSA) is 107 Å². The van der Waals surface area contributed by atoms with Crippen LogP contribution >= 0.6 is 0 Å². The Hall–Kier alpha value is -2.96. The number of anilines is 2. The second-order valence-corrected chi connectivity index (χ2v) is 6.20. The van der Waals surface area contributed by atoms with Gasteiger partial charge in [-0.05, 0) is 57.2 Å². The van der Waals surface area contributed by atoms with Crippen LogP contribution in [0, 0.1) is 0 Å². The van der Waals surface area contributed by atoms with E-state index in [0.29, 0.717) is 17.1 Å². The number of rotatable bonds is 4. The number of amides is 2. The van der Waals surface area contributed by atoms with Gasteiger partial charge in [0.2, 0.25) is 0 Å². The van der Waals surface area contributed by atoms with Crippen molar-refractivity contribution in [3.63, 3.8) is 0 Å². The van der Waals surface area contributed by atoms with Crippen LogP contribution in [0.1, 0.15) is 37.1 Å². The molecule has 7 heteroatoms. The molecule has 0 fully saturated rings. The van der Waals surface area contributed by atoms with E-state index in [1.54, 1.807) is 57.2 Å². The molecular weight excluding hydrogens is 310 g/mol. The molecule has 1 aromatic carbocycles. The van der Waals surface area contributed by atoms with Crippen LogP contribution in [0.3, 0.4) is 0 Å². The maximum Gasteiger partial charge on any atom is 0.408 e. The van der Waals surface area contributed by atoms with Crippen LogP contribution in [0.15, 0.2) is 40.8 Å². The van der Waals surface area contributed by atoms with Gasteiger partial charge in [0.1, 0.15) is 11.4 Å². The Bertz CT molecular complexity index is 714. The van der Waals surface area contributed by atoms with Crippen LogP contribution < -0.4 is 16.4 Å². The van der Waals surface area contributed by atoms with Gasteiger partial charge in [-0.2, -0.15) is 0 Å². The van der Waals surface area contributed by atoms with Crippen molar-refractivity contribution >= 4 is 23.4 Å². The standard InChI is InChI=1S/C17H21N3O4/c1-17(2,3)24-16(22)19-10-13-8-9-14(23-13)15(21)20-12-6-4-11(18)5-7-12/h4-9H,10,18H2,1-3H3,(H,19,22)(H,20,21). The molecule has 2 aromatic rings. The van der Waals surface area contributed by atoms with Crippen LogP contribution in [-0.2, 0) is 11.3 Å². The fourth-order valence-electron chi connectivity index (χ4n) is 1.83. The van der Waals surface area contributed by atoms with Crippen molar-refractivity contribution in [2.45, 2.75) is 32.9 Å². The predicted molar refractivity (Wildman–Crippen MR) is 90.6 cm³/mol. The Morgan fingerprint density at radius 1 is 1.12 bits per heavy atom. The summed E-state index contributed by atoms with van der Waals surface area (Å²) in [5.74, 6) is 0.208. The minimum atomic E-state index is -0.572. The molecule has 0 atom stereocenters. The van der Waals surface area contributed by atoms with Gasteiger partial charge in [-0.25, -0.2) is 4.79 Å². The number of carbonyl (C=O) groups excluding carboxylic acids is 2. The average Bonchev–Trinajstić information content (AvgIpc) is 2.95. The molecule has 24 heavy (non-hydrogen) atoms. The number of hydrogen-bond acceptors (Lipinski definition) is 5. The lowest BCUT2D eigenvalue weighted by atomic mass is 10.2. The summed E-state index contributed by atoms with van der Waals surface area (Å²) < 4.78 is 10.5. The summed E-state index contributed by atoms with van der Waals surface area (Å²) in [7, 11) is 0. The number of nitrogens with one attached hydrogen (secondary N) is 2. The number of hydrogen-bond donors (Lipinski definition) is 3. The Kier molecular flexibility index (Phi) is 5.13. The summed E-state index contributed by atoms with van der Waals surface area (Å²) in [6.07, 6.45) is -0.549. The number of ether oxygens (including phenoxy) is 1. The molecular formula is C17H21N3O4. The van der Waals surface area contributed by atoms with E-state index >= 15 is 0 Å². The number of nitrogen functional groups attached to an aromatic ring is 1. The zero-order valence-corrected chi connectivity index (χ0v) is 13.9. The molecule has 0 aliphatic heterocycles. The van der Waals surface area contributed by atoms with E-state index in [2.05, 4.69) is 10.6 Å². The SMILES string of the molecule is CC(C)(C)OC(=O)NCc1ccc(C(=O)Nc2ccc(N)cc2)o1. The molecule has 2 rings (SSSR count). The summed E-state index contributed by atoms with van der Waals surface area (Å²) >= 11 is 0. The first kappa shape index (κ1) is 17.4. The van der Waals surface area contributed by atoms with Gasteiger partial charge in [0, 0.05) is 11.4 Å². The summed E-state index contributed by atoms with van der Waals surface area (Å²) in [4.78, 5) is 23.7. The molecule has 0 saturated carbocycles. The minimum Gasteiger partial charge on any atom is -0.454 e. The second-order valence-electron chi connectivity index (χ2n) is 6.20. The molecule has 0 radical (unpaired) electrons. The first-order chi connectivity index (χ1) is 11.2. The van der Waals surface area contributed by atoms with Gasteiger partial charge in [-0.15, -0.1) is 0 Å². The minimum absolute atomic E-state index is 0.129. The van der Waals surface area contributed by atoms with Gasteiger partial charge < -0.3 is 25.5 Å². The number of furan rings is 1. The fourth-order valence-corrected chi connectivity index (χ4v) is 1.83. The summed E-state index contributed by atoms with van der Waals surface area (Å²) in [5.41, 5.74) is 6.24.